The van der Waals surface area contributed by atoms with E-state index in [1.54, 1.807) is 7.11 Å². The fourth-order valence-corrected chi connectivity index (χ4v) is 2.15. The standard InChI is InChI=1S/C13H24N2O.C5H11N.C3H8/c1-3-15(9-5-8-14)11-12-6-4-7-13(10-12)16-2;1-4-5(2)6-3;1-3-2/h4,7,10,12H,3,5-6,8-9,11,14H2,1-2H3;4,6H,1-3H3;3H2,1-2H3/b;5-4-;. The lowest BCUT2D eigenvalue weighted by molar-refractivity contribution is 0.249. The van der Waals surface area contributed by atoms with Crippen molar-refractivity contribution in [1.82, 2.24) is 10.2 Å². The van der Waals surface area contributed by atoms with Crippen molar-refractivity contribution in [1.29, 1.82) is 0 Å². The van der Waals surface area contributed by atoms with Gasteiger partial charge in [0.1, 0.15) is 5.76 Å². The average Bonchev–Trinajstić information content (AvgIpc) is 2.65. The summed E-state index contributed by atoms with van der Waals surface area (Å²) < 4.78 is 5.25. The van der Waals surface area contributed by atoms with Crippen molar-refractivity contribution in [2.24, 2.45) is 11.7 Å². The second kappa shape index (κ2) is 19.1. The van der Waals surface area contributed by atoms with E-state index in [2.05, 4.69) is 43.1 Å². The zero-order chi connectivity index (χ0) is 19.5. The Bertz CT molecular complexity index is 375. The van der Waals surface area contributed by atoms with E-state index in [0.29, 0.717) is 5.92 Å². The highest BCUT2D eigenvalue weighted by atomic mass is 16.5. The number of rotatable bonds is 8. The molecule has 0 aromatic heterocycles. The lowest BCUT2D eigenvalue weighted by Gasteiger charge is -2.25. The van der Waals surface area contributed by atoms with E-state index in [-0.39, 0.29) is 0 Å². The normalized spacial score (nSPS) is 16.3. The highest BCUT2D eigenvalue weighted by Gasteiger charge is 2.13. The molecule has 1 aliphatic rings. The Morgan fingerprint density at radius 2 is 2.04 bits per heavy atom. The molecule has 0 aromatic carbocycles. The van der Waals surface area contributed by atoms with Gasteiger partial charge in [-0.2, -0.15) is 0 Å². The van der Waals surface area contributed by atoms with Gasteiger partial charge in [-0.1, -0.05) is 39.3 Å². The highest BCUT2D eigenvalue weighted by Crippen LogP contribution is 2.18. The monoisotopic (exact) mass is 353 g/mol. The van der Waals surface area contributed by atoms with Gasteiger partial charge in [0, 0.05) is 19.3 Å². The van der Waals surface area contributed by atoms with Gasteiger partial charge in [0.2, 0.25) is 0 Å². The molecular formula is C21H43N3O. The van der Waals surface area contributed by atoms with Gasteiger partial charge in [-0.25, -0.2) is 0 Å². The first kappa shape index (κ1) is 26.0. The Morgan fingerprint density at radius 3 is 2.44 bits per heavy atom. The first-order chi connectivity index (χ1) is 12.0. The number of nitrogens with one attached hydrogen (secondary N) is 1. The smallest absolute Gasteiger partial charge is 0.114 e. The van der Waals surface area contributed by atoms with Gasteiger partial charge >= 0.3 is 0 Å². The Morgan fingerprint density at radius 1 is 1.40 bits per heavy atom. The van der Waals surface area contributed by atoms with Crippen molar-refractivity contribution >= 4 is 0 Å². The van der Waals surface area contributed by atoms with Gasteiger partial charge in [-0.15, -0.1) is 0 Å². The van der Waals surface area contributed by atoms with Crippen molar-refractivity contribution in [2.75, 3.05) is 40.3 Å². The third-order valence-corrected chi connectivity index (χ3v) is 3.80. The van der Waals surface area contributed by atoms with Crippen LogP contribution in [0, 0.1) is 5.92 Å². The van der Waals surface area contributed by atoms with Crippen LogP contribution in [0.3, 0.4) is 0 Å². The predicted octanol–water partition coefficient (Wildman–Crippen LogP) is 4.31. The lowest BCUT2D eigenvalue weighted by atomic mass is 9.99. The molecule has 1 aliphatic carbocycles. The zero-order valence-electron chi connectivity index (χ0n) is 17.8. The summed E-state index contributed by atoms with van der Waals surface area (Å²) in [6.45, 7) is 14.6. The van der Waals surface area contributed by atoms with Gasteiger partial charge < -0.3 is 20.7 Å². The number of hydrogen-bond acceptors (Lipinski definition) is 4. The molecule has 0 spiro atoms. The third kappa shape index (κ3) is 16.0. The minimum Gasteiger partial charge on any atom is -0.497 e. The molecule has 1 rings (SSSR count). The van der Waals surface area contributed by atoms with Crippen molar-refractivity contribution in [3.63, 3.8) is 0 Å². The summed E-state index contributed by atoms with van der Waals surface area (Å²) in [7, 11) is 3.64. The number of nitrogens with zero attached hydrogens (tertiary/aromatic N) is 1. The molecule has 0 saturated carbocycles. The fourth-order valence-electron chi connectivity index (χ4n) is 2.15. The Balaban J connectivity index is 0. The number of hydrogen-bond donors (Lipinski definition) is 2. The number of nitrogens with two attached hydrogens (primary N) is 1. The van der Waals surface area contributed by atoms with Crippen LogP contribution >= 0.6 is 0 Å². The summed E-state index contributed by atoms with van der Waals surface area (Å²) in [5, 5.41) is 2.98. The van der Waals surface area contributed by atoms with Crippen LogP contribution < -0.4 is 11.1 Å². The molecular weight excluding hydrogens is 310 g/mol. The van der Waals surface area contributed by atoms with Crippen LogP contribution in [-0.4, -0.2) is 45.2 Å². The van der Waals surface area contributed by atoms with E-state index in [1.165, 1.54) is 12.1 Å². The second-order valence-corrected chi connectivity index (χ2v) is 6.14. The van der Waals surface area contributed by atoms with Crippen LogP contribution in [0.4, 0.5) is 0 Å². The van der Waals surface area contributed by atoms with Crippen LogP contribution in [0.15, 0.2) is 35.8 Å². The second-order valence-electron chi connectivity index (χ2n) is 6.14. The maximum atomic E-state index is 5.54. The van der Waals surface area contributed by atoms with Gasteiger partial charge in [0.25, 0.3) is 0 Å². The third-order valence-electron chi connectivity index (χ3n) is 3.80. The molecule has 1 unspecified atom stereocenters. The lowest BCUT2D eigenvalue weighted by Crippen LogP contribution is -2.31. The van der Waals surface area contributed by atoms with E-state index in [1.807, 2.05) is 33.0 Å². The molecule has 0 heterocycles. The molecule has 0 amide bonds. The molecule has 0 radical (unpaired) electrons. The summed E-state index contributed by atoms with van der Waals surface area (Å²) in [6.07, 6.45) is 11.9. The molecule has 25 heavy (non-hydrogen) atoms. The summed E-state index contributed by atoms with van der Waals surface area (Å²) in [5.41, 5.74) is 6.76. The SMILES string of the molecule is C/C=C(/C)NC.CCC.CCN(CCCN)CC1C=C(OC)C=CC1. The van der Waals surface area contributed by atoms with E-state index in [9.17, 15) is 0 Å². The average molecular weight is 354 g/mol. The van der Waals surface area contributed by atoms with E-state index < -0.39 is 0 Å². The Kier molecular flexibility index (Phi) is 19.8. The summed E-state index contributed by atoms with van der Waals surface area (Å²) in [6, 6.07) is 0. The van der Waals surface area contributed by atoms with E-state index in [4.69, 9.17) is 10.5 Å². The number of ether oxygens (including phenoxy) is 1. The first-order valence-electron chi connectivity index (χ1n) is 9.68. The topological polar surface area (TPSA) is 50.5 Å². The molecule has 0 saturated heterocycles. The maximum absolute atomic E-state index is 5.54. The predicted molar refractivity (Wildman–Crippen MR) is 113 cm³/mol. The summed E-state index contributed by atoms with van der Waals surface area (Å²) >= 11 is 0. The molecule has 3 N–H and O–H groups in total. The minimum atomic E-state index is 0.581. The van der Waals surface area contributed by atoms with Gasteiger partial charge in [0.15, 0.2) is 0 Å². The van der Waals surface area contributed by atoms with Crippen LogP contribution in [-0.2, 0) is 4.74 Å². The van der Waals surface area contributed by atoms with E-state index >= 15 is 0 Å². The van der Waals surface area contributed by atoms with Crippen LogP contribution in [0.5, 0.6) is 0 Å². The number of methoxy groups -OCH3 is 1. The van der Waals surface area contributed by atoms with Crippen molar-refractivity contribution in [3.8, 4) is 0 Å². The Hall–Kier alpha value is -1.26. The molecule has 148 valence electrons. The molecule has 0 fully saturated rings. The fraction of sp³-hybridized carbons (Fsp3) is 0.714. The van der Waals surface area contributed by atoms with Gasteiger partial charge in [0.05, 0.1) is 7.11 Å². The molecule has 0 aliphatic heterocycles. The summed E-state index contributed by atoms with van der Waals surface area (Å²) in [5.74, 6) is 1.57. The van der Waals surface area contributed by atoms with Crippen LogP contribution in [0.1, 0.15) is 53.9 Å². The summed E-state index contributed by atoms with van der Waals surface area (Å²) in [4.78, 5) is 2.46. The Labute approximate surface area is 157 Å². The molecule has 4 nitrogen and oxygen atoms in total. The van der Waals surface area contributed by atoms with E-state index in [0.717, 1.165) is 44.8 Å². The molecule has 0 bridgehead atoms. The molecule has 1 atom stereocenters. The van der Waals surface area contributed by atoms with Crippen LogP contribution in [0.2, 0.25) is 0 Å². The minimum absolute atomic E-state index is 0.581. The quantitative estimate of drug-likeness (QED) is 0.683. The molecule has 0 aromatic rings. The van der Waals surface area contributed by atoms with Crippen molar-refractivity contribution in [3.05, 3.63) is 35.8 Å². The molecule has 4 heteroatoms. The highest BCUT2D eigenvalue weighted by molar-refractivity contribution is 5.18. The van der Waals surface area contributed by atoms with Crippen LogP contribution in [0.25, 0.3) is 0 Å². The van der Waals surface area contributed by atoms with Gasteiger partial charge in [-0.05, 0) is 64.4 Å². The van der Waals surface area contributed by atoms with Crippen molar-refractivity contribution < 1.29 is 4.74 Å². The maximum Gasteiger partial charge on any atom is 0.114 e. The first-order valence-corrected chi connectivity index (χ1v) is 9.68. The zero-order valence-corrected chi connectivity index (χ0v) is 17.8. The van der Waals surface area contributed by atoms with Gasteiger partial charge in [-0.3, -0.25) is 0 Å². The van der Waals surface area contributed by atoms with Crippen molar-refractivity contribution in [2.45, 2.75) is 53.9 Å². The largest absolute Gasteiger partial charge is 0.497 e. The number of allylic oxidation sites excluding steroid dienone is 4.